The van der Waals surface area contributed by atoms with Crippen molar-refractivity contribution < 1.29 is 9.53 Å². The lowest BCUT2D eigenvalue weighted by atomic mass is 10.1. The molecule has 2 aromatic rings. The Bertz CT molecular complexity index is 679. The molecule has 0 fully saturated rings. The van der Waals surface area contributed by atoms with E-state index in [1.54, 1.807) is 10.9 Å². The Morgan fingerprint density at radius 2 is 2.05 bits per heavy atom. The van der Waals surface area contributed by atoms with Gasteiger partial charge in [-0.3, -0.25) is 10.00 Å². The van der Waals surface area contributed by atoms with Crippen LogP contribution in [0.2, 0.25) is 0 Å². The zero-order valence-electron chi connectivity index (χ0n) is 13.6. The van der Waals surface area contributed by atoms with E-state index in [1.807, 2.05) is 52.9 Å². The number of nitrogens with zero attached hydrogens (tertiary/aromatic N) is 2. The van der Waals surface area contributed by atoms with Gasteiger partial charge in [0.05, 0.1) is 17.6 Å². The van der Waals surface area contributed by atoms with Gasteiger partial charge in [0.15, 0.2) is 0 Å². The first-order chi connectivity index (χ1) is 10.2. The van der Waals surface area contributed by atoms with Gasteiger partial charge >= 0.3 is 6.09 Å². The molecule has 22 heavy (non-hydrogen) atoms. The average Bonchev–Trinajstić information content (AvgIpc) is 2.70. The van der Waals surface area contributed by atoms with E-state index in [1.165, 1.54) is 0 Å². The van der Waals surface area contributed by atoms with E-state index in [0.717, 1.165) is 16.8 Å². The Labute approximate surface area is 130 Å². The highest BCUT2D eigenvalue weighted by Crippen LogP contribution is 2.29. The molecule has 0 saturated carbocycles. The molecule has 0 radical (unpaired) electrons. The quantitative estimate of drug-likeness (QED) is 0.891. The standard InChI is InChI=1S/C16H22N4O2/c1-10-6-7-11(14-12(17)9-18-20(14)5)8-13(10)19-15(21)22-16(2,3)4/h6-9H,17H2,1-5H3,(H,19,21). The molecule has 6 heteroatoms. The van der Waals surface area contributed by atoms with Gasteiger partial charge in [0, 0.05) is 18.3 Å². The lowest BCUT2D eigenvalue weighted by Gasteiger charge is -2.20. The van der Waals surface area contributed by atoms with Crippen LogP contribution in [0, 0.1) is 6.92 Å². The number of aryl methyl sites for hydroxylation is 2. The van der Waals surface area contributed by atoms with Gasteiger partial charge in [0.2, 0.25) is 0 Å². The predicted molar refractivity (Wildman–Crippen MR) is 87.7 cm³/mol. The van der Waals surface area contributed by atoms with Gasteiger partial charge in [-0.1, -0.05) is 12.1 Å². The zero-order chi connectivity index (χ0) is 16.5. The molecule has 0 saturated heterocycles. The topological polar surface area (TPSA) is 82.2 Å². The molecule has 1 aromatic carbocycles. The summed E-state index contributed by atoms with van der Waals surface area (Å²) in [5, 5.41) is 6.91. The van der Waals surface area contributed by atoms with Gasteiger partial charge in [-0.25, -0.2) is 4.79 Å². The maximum atomic E-state index is 11.9. The highest BCUT2D eigenvalue weighted by Gasteiger charge is 2.17. The summed E-state index contributed by atoms with van der Waals surface area (Å²) in [6, 6.07) is 5.74. The smallest absolute Gasteiger partial charge is 0.412 e. The SMILES string of the molecule is Cc1ccc(-c2c(N)cnn2C)cc1NC(=O)OC(C)(C)C. The number of amides is 1. The number of hydrogen-bond donors (Lipinski definition) is 2. The van der Waals surface area contributed by atoms with Crippen LogP contribution in [-0.4, -0.2) is 21.5 Å². The number of rotatable bonds is 2. The summed E-state index contributed by atoms with van der Waals surface area (Å²) in [6.07, 6.45) is 1.13. The molecule has 1 amide bonds. The van der Waals surface area contributed by atoms with Crippen LogP contribution in [0.4, 0.5) is 16.2 Å². The minimum atomic E-state index is -0.540. The molecular formula is C16H22N4O2. The predicted octanol–water partition coefficient (Wildman–Crippen LogP) is 3.32. The number of nitrogens with two attached hydrogens (primary N) is 1. The summed E-state index contributed by atoms with van der Waals surface area (Å²) in [5.74, 6) is 0. The summed E-state index contributed by atoms with van der Waals surface area (Å²) in [7, 11) is 1.83. The van der Waals surface area contributed by atoms with E-state index in [0.29, 0.717) is 11.4 Å². The Morgan fingerprint density at radius 3 is 2.59 bits per heavy atom. The van der Waals surface area contributed by atoms with Crippen molar-refractivity contribution in [2.45, 2.75) is 33.3 Å². The highest BCUT2D eigenvalue weighted by molar-refractivity contribution is 5.88. The average molecular weight is 302 g/mol. The van der Waals surface area contributed by atoms with Crippen LogP contribution >= 0.6 is 0 Å². The van der Waals surface area contributed by atoms with Crippen molar-refractivity contribution in [2.24, 2.45) is 7.05 Å². The number of benzene rings is 1. The third-order valence-corrected chi connectivity index (χ3v) is 3.11. The molecule has 1 heterocycles. The maximum absolute atomic E-state index is 11.9. The van der Waals surface area contributed by atoms with Gasteiger partial charge in [-0.15, -0.1) is 0 Å². The monoisotopic (exact) mass is 302 g/mol. The van der Waals surface area contributed by atoms with E-state index in [4.69, 9.17) is 10.5 Å². The second-order valence-electron chi connectivity index (χ2n) is 6.23. The molecule has 0 bridgehead atoms. The molecule has 0 spiro atoms. The van der Waals surface area contributed by atoms with Crippen LogP contribution in [0.25, 0.3) is 11.3 Å². The van der Waals surface area contributed by atoms with Crippen LogP contribution in [0.5, 0.6) is 0 Å². The fourth-order valence-corrected chi connectivity index (χ4v) is 2.13. The number of hydrogen-bond acceptors (Lipinski definition) is 4. The number of nitrogen functional groups attached to an aromatic ring is 1. The van der Waals surface area contributed by atoms with E-state index in [2.05, 4.69) is 10.4 Å². The van der Waals surface area contributed by atoms with Crippen LogP contribution in [0.3, 0.4) is 0 Å². The van der Waals surface area contributed by atoms with E-state index in [9.17, 15) is 4.79 Å². The van der Waals surface area contributed by atoms with Gasteiger partial charge in [0.25, 0.3) is 0 Å². The molecule has 0 aliphatic carbocycles. The number of nitrogens with one attached hydrogen (secondary N) is 1. The molecule has 0 atom stereocenters. The lowest BCUT2D eigenvalue weighted by Crippen LogP contribution is -2.27. The fourth-order valence-electron chi connectivity index (χ4n) is 2.13. The molecule has 1 aromatic heterocycles. The molecule has 2 rings (SSSR count). The van der Waals surface area contributed by atoms with Crippen LogP contribution in [0.15, 0.2) is 24.4 Å². The highest BCUT2D eigenvalue weighted by atomic mass is 16.6. The first-order valence-corrected chi connectivity index (χ1v) is 7.06. The van der Waals surface area contributed by atoms with Gasteiger partial charge in [0.1, 0.15) is 5.60 Å². The molecule has 3 N–H and O–H groups in total. The van der Waals surface area contributed by atoms with Crippen LogP contribution in [-0.2, 0) is 11.8 Å². The summed E-state index contributed by atoms with van der Waals surface area (Å²) in [6.45, 7) is 7.40. The molecule has 0 aliphatic rings. The Hall–Kier alpha value is -2.50. The second kappa shape index (κ2) is 5.71. The fraction of sp³-hybridized carbons (Fsp3) is 0.375. The number of ether oxygens (including phenoxy) is 1. The van der Waals surface area contributed by atoms with Gasteiger partial charge in [-0.2, -0.15) is 5.10 Å². The minimum Gasteiger partial charge on any atom is -0.444 e. The third kappa shape index (κ3) is 3.58. The van der Waals surface area contributed by atoms with Crippen molar-refractivity contribution >= 4 is 17.5 Å². The van der Waals surface area contributed by atoms with Gasteiger partial charge < -0.3 is 10.5 Å². The van der Waals surface area contributed by atoms with Crippen molar-refractivity contribution in [3.8, 4) is 11.3 Å². The van der Waals surface area contributed by atoms with Crippen molar-refractivity contribution in [3.05, 3.63) is 30.0 Å². The summed E-state index contributed by atoms with van der Waals surface area (Å²) in [5.41, 5.74) is 9.33. The van der Waals surface area contributed by atoms with Crippen LogP contribution in [0.1, 0.15) is 26.3 Å². The second-order valence-corrected chi connectivity index (χ2v) is 6.23. The maximum Gasteiger partial charge on any atom is 0.412 e. The number of carbonyl (C=O) groups excluding carboxylic acids is 1. The van der Waals surface area contributed by atoms with E-state index < -0.39 is 11.7 Å². The number of carbonyl (C=O) groups is 1. The van der Waals surface area contributed by atoms with E-state index >= 15 is 0 Å². The first-order valence-electron chi connectivity index (χ1n) is 7.06. The normalized spacial score (nSPS) is 11.3. The molecule has 0 unspecified atom stereocenters. The lowest BCUT2D eigenvalue weighted by molar-refractivity contribution is 0.0636. The molecule has 6 nitrogen and oxygen atoms in total. The first kappa shape index (κ1) is 15.9. The summed E-state index contributed by atoms with van der Waals surface area (Å²) < 4.78 is 6.99. The Balaban J connectivity index is 2.30. The largest absolute Gasteiger partial charge is 0.444 e. The van der Waals surface area contributed by atoms with Crippen LogP contribution < -0.4 is 11.1 Å². The van der Waals surface area contributed by atoms with Crippen molar-refractivity contribution in [3.63, 3.8) is 0 Å². The van der Waals surface area contributed by atoms with E-state index in [-0.39, 0.29) is 0 Å². The van der Waals surface area contributed by atoms with Crippen molar-refractivity contribution in [1.29, 1.82) is 0 Å². The summed E-state index contributed by atoms with van der Waals surface area (Å²) in [4.78, 5) is 11.9. The Morgan fingerprint density at radius 1 is 1.36 bits per heavy atom. The zero-order valence-corrected chi connectivity index (χ0v) is 13.6. The van der Waals surface area contributed by atoms with Crippen molar-refractivity contribution in [1.82, 2.24) is 9.78 Å². The number of anilines is 2. The molecule has 0 aliphatic heterocycles. The summed E-state index contributed by atoms with van der Waals surface area (Å²) >= 11 is 0. The number of aromatic nitrogens is 2. The Kier molecular flexibility index (Phi) is 4.12. The minimum absolute atomic E-state index is 0.481. The third-order valence-electron chi connectivity index (χ3n) is 3.11. The van der Waals surface area contributed by atoms with Gasteiger partial charge in [-0.05, 0) is 39.3 Å². The van der Waals surface area contributed by atoms with Crippen molar-refractivity contribution in [2.75, 3.05) is 11.1 Å². The molecule has 118 valence electrons. The molecular weight excluding hydrogens is 280 g/mol.